The number of aryl methyl sites for hydroxylation is 1. The smallest absolute Gasteiger partial charge is 0.282 e. The summed E-state index contributed by atoms with van der Waals surface area (Å²) in [5, 5.41) is 16.5. The highest BCUT2D eigenvalue weighted by Gasteiger charge is 2.19. The average molecular weight is 251 g/mol. The summed E-state index contributed by atoms with van der Waals surface area (Å²) in [5.41, 5.74) is 0.742. The number of likely N-dealkylation sites (N-methyl/N-ethyl adjacent to an activating group) is 1. The number of nitrogens with one attached hydrogen (secondary N) is 2. The summed E-state index contributed by atoms with van der Waals surface area (Å²) < 4.78 is 0. The lowest BCUT2D eigenvalue weighted by molar-refractivity contribution is -0.385. The third kappa shape index (κ3) is 3.53. The Bertz CT molecular complexity index is 460. The summed E-state index contributed by atoms with van der Waals surface area (Å²) in [6, 6.07) is 4.60. The van der Waals surface area contributed by atoms with Gasteiger partial charge in [-0.1, -0.05) is 6.07 Å². The van der Waals surface area contributed by atoms with Crippen LogP contribution in [0.2, 0.25) is 0 Å². The van der Waals surface area contributed by atoms with E-state index < -0.39 is 10.8 Å². The van der Waals surface area contributed by atoms with Crippen molar-refractivity contribution in [1.29, 1.82) is 0 Å². The predicted octanol–water partition coefficient (Wildman–Crippen LogP) is 1.24. The molecule has 98 valence electrons. The average Bonchev–Trinajstić information content (AvgIpc) is 2.34. The molecule has 1 rings (SSSR count). The maximum Gasteiger partial charge on any atom is 0.282 e. The minimum Gasteiger partial charge on any atom is -0.350 e. The lowest BCUT2D eigenvalue weighted by Gasteiger charge is -2.11. The van der Waals surface area contributed by atoms with Crippen molar-refractivity contribution >= 4 is 11.6 Å². The molecule has 0 aromatic heterocycles. The molecule has 0 aliphatic rings. The molecule has 6 nitrogen and oxygen atoms in total. The molecule has 0 radical (unpaired) electrons. The Morgan fingerprint density at radius 2 is 2.17 bits per heavy atom. The normalized spacial score (nSPS) is 11.9. The molecule has 0 aliphatic heterocycles. The molecule has 18 heavy (non-hydrogen) atoms. The highest BCUT2D eigenvalue weighted by atomic mass is 16.6. The highest BCUT2D eigenvalue weighted by molar-refractivity contribution is 5.98. The number of rotatable bonds is 5. The van der Waals surface area contributed by atoms with Crippen LogP contribution < -0.4 is 10.6 Å². The van der Waals surface area contributed by atoms with Crippen LogP contribution in [0.4, 0.5) is 5.69 Å². The number of benzene rings is 1. The summed E-state index contributed by atoms with van der Waals surface area (Å²) in [4.78, 5) is 22.2. The first-order chi connectivity index (χ1) is 8.45. The number of hydrogen-bond donors (Lipinski definition) is 2. The third-order valence-electron chi connectivity index (χ3n) is 2.65. The van der Waals surface area contributed by atoms with Crippen LogP contribution in [-0.2, 0) is 0 Å². The molecule has 1 unspecified atom stereocenters. The summed E-state index contributed by atoms with van der Waals surface area (Å²) in [6.07, 6.45) is 0. The van der Waals surface area contributed by atoms with Crippen LogP contribution in [0.3, 0.4) is 0 Å². The molecule has 0 saturated heterocycles. The highest BCUT2D eigenvalue weighted by Crippen LogP contribution is 2.19. The molecular weight excluding hydrogens is 234 g/mol. The SMILES string of the molecule is CNC(C)CNC(=O)c1cc(C)ccc1[N+](=O)[O-]. The van der Waals surface area contributed by atoms with Crippen molar-refractivity contribution in [2.45, 2.75) is 19.9 Å². The molecule has 0 heterocycles. The Kier molecular flexibility index (Phi) is 4.79. The van der Waals surface area contributed by atoms with Gasteiger partial charge in [-0.15, -0.1) is 0 Å². The van der Waals surface area contributed by atoms with E-state index in [1.807, 2.05) is 6.92 Å². The van der Waals surface area contributed by atoms with Gasteiger partial charge >= 0.3 is 0 Å². The van der Waals surface area contributed by atoms with Crippen molar-refractivity contribution in [1.82, 2.24) is 10.6 Å². The maximum atomic E-state index is 11.9. The zero-order chi connectivity index (χ0) is 13.7. The first kappa shape index (κ1) is 14.1. The van der Waals surface area contributed by atoms with Gasteiger partial charge in [0.2, 0.25) is 0 Å². The van der Waals surface area contributed by atoms with Gasteiger partial charge in [-0.3, -0.25) is 14.9 Å². The van der Waals surface area contributed by atoms with Gasteiger partial charge in [-0.2, -0.15) is 0 Å². The van der Waals surface area contributed by atoms with Crippen LogP contribution in [-0.4, -0.2) is 30.5 Å². The van der Waals surface area contributed by atoms with E-state index in [4.69, 9.17) is 0 Å². The fourth-order valence-electron chi connectivity index (χ4n) is 1.43. The van der Waals surface area contributed by atoms with E-state index in [0.29, 0.717) is 6.54 Å². The number of carbonyl (C=O) groups excluding carboxylic acids is 1. The van der Waals surface area contributed by atoms with Crippen LogP contribution in [0.15, 0.2) is 18.2 Å². The minimum absolute atomic E-state index is 0.100. The number of amides is 1. The zero-order valence-corrected chi connectivity index (χ0v) is 10.7. The van der Waals surface area contributed by atoms with Crippen molar-refractivity contribution in [3.05, 3.63) is 39.4 Å². The topological polar surface area (TPSA) is 84.3 Å². The van der Waals surface area contributed by atoms with Crippen LogP contribution in [0, 0.1) is 17.0 Å². The summed E-state index contributed by atoms with van der Waals surface area (Å²) >= 11 is 0. The Labute approximate surface area is 106 Å². The number of nitrogens with zero attached hydrogens (tertiary/aromatic N) is 1. The van der Waals surface area contributed by atoms with Crippen LogP contribution in [0.5, 0.6) is 0 Å². The van der Waals surface area contributed by atoms with Gasteiger partial charge < -0.3 is 10.6 Å². The quantitative estimate of drug-likeness (QED) is 0.609. The second-order valence-corrected chi connectivity index (χ2v) is 4.18. The fourth-order valence-corrected chi connectivity index (χ4v) is 1.43. The molecule has 1 aromatic carbocycles. The molecular formula is C12H17N3O3. The number of nitro benzene ring substituents is 1. The van der Waals surface area contributed by atoms with E-state index >= 15 is 0 Å². The van der Waals surface area contributed by atoms with Gasteiger partial charge in [0.15, 0.2) is 0 Å². The molecule has 2 N–H and O–H groups in total. The van der Waals surface area contributed by atoms with E-state index in [0.717, 1.165) is 5.56 Å². The molecule has 0 bridgehead atoms. The van der Waals surface area contributed by atoms with Crippen LogP contribution in [0.25, 0.3) is 0 Å². The van der Waals surface area contributed by atoms with Crippen molar-refractivity contribution < 1.29 is 9.72 Å². The van der Waals surface area contributed by atoms with E-state index in [9.17, 15) is 14.9 Å². The molecule has 1 atom stereocenters. The Hall–Kier alpha value is -1.95. The molecule has 6 heteroatoms. The summed E-state index contributed by atoms with van der Waals surface area (Å²) in [6.45, 7) is 4.11. The Morgan fingerprint density at radius 3 is 2.72 bits per heavy atom. The second-order valence-electron chi connectivity index (χ2n) is 4.18. The van der Waals surface area contributed by atoms with Gasteiger partial charge in [0.1, 0.15) is 5.56 Å². The number of hydrogen-bond acceptors (Lipinski definition) is 4. The number of nitro groups is 1. The Morgan fingerprint density at radius 1 is 1.50 bits per heavy atom. The van der Waals surface area contributed by atoms with Gasteiger partial charge in [-0.05, 0) is 32.5 Å². The van der Waals surface area contributed by atoms with E-state index in [-0.39, 0.29) is 17.3 Å². The van der Waals surface area contributed by atoms with Crippen molar-refractivity contribution in [2.75, 3.05) is 13.6 Å². The molecule has 0 spiro atoms. The maximum absolute atomic E-state index is 11.9. The van der Waals surface area contributed by atoms with Gasteiger partial charge in [-0.25, -0.2) is 0 Å². The van der Waals surface area contributed by atoms with Crippen molar-refractivity contribution in [2.24, 2.45) is 0 Å². The van der Waals surface area contributed by atoms with Gasteiger partial charge in [0, 0.05) is 18.7 Å². The van der Waals surface area contributed by atoms with Crippen LogP contribution >= 0.6 is 0 Å². The standard InChI is InChI=1S/C12H17N3O3/c1-8-4-5-11(15(17)18)10(6-8)12(16)14-7-9(2)13-3/h4-6,9,13H,7H2,1-3H3,(H,14,16). The fraction of sp³-hybridized carbons (Fsp3) is 0.417. The van der Waals surface area contributed by atoms with Gasteiger partial charge in [0.05, 0.1) is 4.92 Å². The summed E-state index contributed by atoms with van der Waals surface area (Å²) in [5.74, 6) is -0.424. The van der Waals surface area contributed by atoms with Crippen molar-refractivity contribution in [3.8, 4) is 0 Å². The molecule has 0 saturated carbocycles. The van der Waals surface area contributed by atoms with Crippen molar-refractivity contribution in [3.63, 3.8) is 0 Å². The lowest BCUT2D eigenvalue weighted by Crippen LogP contribution is -2.37. The predicted molar refractivity (Wildman–Crippen MR) is 68.7 cm³/mol. The molecule has 1 aromatic rings. The monoisotopic (exact) mass is 251 g/mol. The van der Waals surface area contributed by atoms with E-state index in [1.165, 1.54) is 12.1 Å². The summed E-state index contributed by atoms with van der Waals surface area (Å²) in [7, 11) is 1.78. The zero-order valence-electron chi connectivity index (χ0n) is 10.7. The van der Waals surface area contributed by atoms with Gasteiger partial charge in [0.25, 0.3) is 11.6 Å². The first-order valence-corrected chi connectivity index (χ1v) is 5.66. The largest absolute Gasteiger partial charge is 0.350 e. The van der Waals surface area contributed by atoms with E-state index in [1.54, 1.807) is 20.0 Å². The first-order valence-electron chi connectivity index (χ1n) is 5.66. The molecule has 0 fully saturated rings. The Balaban J connectivity index is 2.90. The molecule has 1 amide bonds. The third-order valence-corrected chi connectivity index (χ3v) is 2.65. The molecule has 0 aliphatic carbocycles. The second kappa shape index (κ2) is 6.11. The minimum atomic E-state index is -0.546. The van der Waals surface area contributed by atoms with E-state index in [2.05, 4.69) is 10.6 Å². The van der Waals surface area contributed by atoms with Crippen LogP contribution in [0.1, 0.15) is 22.8 Å². The lowest BCUT2D eigenvalue weighted by atomic mass is 10.1. The number of carbonyl (C=O) groups is 1.